The normalized spacial score (nSPS) is 17.0. The molecule has 5 heteroatoms. The van der Waals surface area contributed by atoms with Crippen molar-refractivity contribution in [2.45, 2.75) is 32.2 Å². The second kappa shape index (κ2) is 10.1. The smallest absolute Gasteiger partial charge is 0.191 e. The average Bonchev–Trinajstić information content (AvgIpc) is 3.12. The molecule has 1 heterocycles. The highest BCUT2D eigenvalue weighted by Crippen LogP contribution is 2.13. The number of ether oxygens (including phenoxy) is 1. The molecule has 0 aromatic heterocycles. The SMILES string of the molecule is CCC(CNC(=NC)NCCOc1ccccc1)N1CCCC1. The highest BCUT2D eigenvalue weighted by molar-refractivity contribution is 5.79. The molecule has 1 aromatic carbocycles. The summed E-state index contributed by atoms with van der Waals surface area (Å²) in [5.74, 6) is 1.75. The lowest BCUT2D eigenvalue weighted by molar-refractivity contribution is 0.236. The first kappa shape index (κ1) is 17.6. The molecule has 1 saturated heterocycles. The lowest BCUT2D eigenvalue weighted by Gasteiger charge is -2.27. The quantitative estimate of drug-likeness (QED) is 0.438. The Labute approximate surface area is 140 Å². The van der Waals surface area contributed by atoms with Crippen LogP contribution >= 0.6 is 0 Å². The molecule has 0 saturated carbocycles. The van der Waals surface area contributed by atoms with Gasteiger partial charge in [-0.3, -0.25) is 9.89 Å². The highest BCUT2D eigenvalue weighted by atomic mass is 16.5. The van der Waals surface area contributed by atoms with E-state index in [4.69, 9.17) is 4.74 Å². The summed E-state index contributed by atoms with van der Waals surface area (Å²) in [5, 5.41) is 6.74. The van der Waals surface area contributed by atoms with Crippen molar-refractivity contribution in [1.29, 1.82) is 0 Å². The number of rotatable bonds is 8. The number of benzene rings is 1. The summed E-state index contributed by atoms with van der Waals surface area (Å²) in [6.07, 6.45) is 3.84. The molecule has 1 aliphatic heterocycles. The molecule has 0 aliphatic carbocycles. The van der Waals surface area contributed by atoms with E-state index in [9.17, 15) is 0 Å². The molecule has 1 fully saturated rings. The van der Waals surface area contributed by atoms with Crippen LogP contribution in [0.3, 0.4) is 0 Å². The van der Waals surface area contributed by atoms with E-state index in [1.54, 1.807) is 0 Å². The van der Waals surface area contributed by atoms with Crippen molar-refractivity contribution in [2.75, 3.05) is 39.8 Å². The van der Waals surface area contributed by atoms with E-state index in [2.05, 4.69) is 27.4 Å². The number of nitrogens with zero attached hydrogens (tertiary/aromatic N) is 2. The molecule has 1 atom stereocenters. The second-order valence-corrected chi connectivity index (χ2v) is 5.85. The number of para-hydroxylation sites is 1. The maximum absolute atomic E-state index is 5.68. The Kier molecular flexibility index (Phi) is 7.73. The van der Waals surface area contributed by atoms with Gasteiger partial charge in [0.05, 0.1) is 6.54 Å². The van der Waals surface area contributed by atoms with Crippen LogP contribution in [-0.4, -0.2) is 56.7 Å². The molecule has 1 aliphatic rings. The third-order valence-corrected chi connectivity index (χ3v) is 4.26. The molecular weight excluding hydrogens is 288 g/mol. The standard InChI is InChI=1S/C18H30N4O/c1-3-16(22-12-7-8-13-22)15-21-18(19-2)20-11-14-23-17-9-5-4-6-10-17/h4-6,9-10,16H,3,7-8,11-15H2,1-2H3,(H2,19,20,21). The van der Waals surface area contributed by atoms with Crippen LogP contribution in [0.1, 0.15) is 26.2 Å². The zero-order valence-corrected chi connectivity index (χ0v) is 14.4. The predicted molar refractivity (Wildman–Crippen MR) is 96.2 cm³/mol. The molecule has 2 rings (SSSR count). The van der Waals surface area contributed by atoms with Crippen molar-refractivity contribution in [3.63, 3.8) is 0 Å². The minimum Gasteiger partial charge on any atom is -0.492 e. The van der Waals surface area contributed by atoms with Crippen molar-refractivity contribution in [3.8, 4) is 5.75 Å². The summed E-state index contributed by atoms with van der Waals surface area (Å²) >= 11 is 0. The first-order valence-electron chi connectivity index (χ1n) is 8.70. The van der Waals surface area contributed by atoms with Crippen LogP contribution in [0.15, 0.2) is 35.3 Å². The van der Waals surface area contributed by atoms with E-state index in [1.165, 1.54) is 32.4 Å². The summed E-state index contributed by atoms with van der Waals surface area (Å²) in [7, 11) is 1.81. The van der Waals surface area contributed by atoms with Gasteiger partial charge in [-0.15, -0.1) is 0 Å². The van der Waals surface area contributed by atoms with Gasteiger partial charge in [0.2, 0.25) is 0 Å². The molecule has 2 N–H and O–H groups in total. The molecule has 1 aromatic rings. The first-order valence-corrected chi connectivity index (χ1v) is 8.70. The van der Waals surface area contributed by atoms with Crippen molar-refractivity contribution in [1.82, 2.24) is 15.5 Å². The number of guanidine groups is 1. The lowest BCUT2D eigenvalue weighted by Crippen LogP contribution is -2.46. The van der Waals surface area contributed by atoms with Gasteiger partial charge in [-0.2, -0.15) is 0 Å². The van der Waals surface area contributed by atoms with Crippen LogP contribution in [0.4, 0.5) is 0 Å². The zero-order chi connectivity index (χ0) is 16.3. The number of hydrogen-bond donors (Lipinski definition) is 2. The Balaban J connectivity index is 1.64. The van der Waals surface area contributed by atoms with Crippen molar-refractivity contribution >= 4 is 5.96 Å². The van der Waals surface area contributed by atoms with Gasteiger partial charge in [-0.1, -0.05) is 25.1 Å². The molecule has 1 unspecified atom stereocenters. The van der Waals surface area contributed by atoms with Crippen LogP contribution in [0.5, 0.6) is 5.75 Å². The maximum Gasteiger partial charge on any atom is 0.191 e. The van der Waals surface area contributed by atoms with Crippen molar-refractivity contribution < 1.29 is 4.74 Å². The first-order chi connectivity index (χ1) is 11.3. The molecule has 5 nitrogen and oxygen atoms in total. The van der Waals surface area contributed by atoms with Crippen LogP contribution in [0.25, 0.3) is 0 Å². The van der Waals surface area contributed by atoms with Gasteiger partial charge >= 0.3 is 0 Å². The molecule has 0 radical (unpaired) electrons. The number of likely N-dealkylation sites (tertiary alicyclic amines) is 1. The average molecular weight is 318 g/mol. The number of nitrogens with one attached hydrogen (secondary N) is 2. The van der Waals surface area contributed by atoms with Gasteiger partial charge in [0.25, 0.3) is 0 Å². The van der Waals surface area contributed by atoms with Gasteiger partial charge in [0.15, 0.2) is 5.96 Å². The summed E-state index contributed by atoms with van der Waals surface area (Å²) < 4.78 is 5.68. The van der Waals surface area contributed by atoms with Gasteiger partial charge < -0.3 is 15.4 Å². The summed E-state index contributed by atoms with van der Waals surface area (Å²) in [6.45, 7) is 7.02. The Morgan fingerprint density at radius 3 is 2.61 bits per heavy atom. The van der Waals surface area contributed by atoms with Crippen molar-refractivity contribution in [3.05, 3.63) is 30.3 Å². The van der Waals surface area contributed by atoms with Crippen LogP contribution in [0, 0.1) is 0 Å². The predicted octanol–water partition coefficient (Wildman–Crippen LogP) is 2.10. The third kappa shape index (κ3) is 6.10. The van der Waals surface area contributed by atoms with Gasteiger partial charge in [0.1, 0.15) is 12.4 Å². The number of hydrogen-bond acceptors (Lipinski definition) is 3. The van der Waals surface area contributed by atoms with E-state index >= 15 is 0 Å². The topological polar surface area (TPSA) is 48.9 Å². The van der Waals surface area contributed by atoms with Gasteiger partial charge in [-0.25, -0.2) is 0 Å². The van der Waals surface area contributed by atoms with E-state index in [-0.39, 0.29) is 0 Å². The lowest BCUT2D eigenvalue weighted by atomic mass is 10.2. The zero-order valence-electron chi connectivity index (χ0n) is 14.4. The largest absolute Gasteiger partial charge is 0.492 e. The van der Waals surface area contributed by atoms with Crippen molar-refractivity contribution in [2.24, 2.45) is 4.99 Å². The van der Waals surface area contributed by atoms with Crippen LogP contribution in [0.2, 0.25) is 0 Å². The van der Waals surface area contributed by atoms with Crippen LogP contribution in [-0.2, 0) is 0 Å². The molecular formula is C18H30N4O. The van der Waals surface area contributed by atoms with Gasteiger partial charge in [0, 0.05) is 19.6 Å². The number of aliphatic imine (C=N–C) groups is 1. The van der Waals surface area contributed by atoms with E-state index in [0.717, 1.165) is 24.8 Å². The van der Waals surface area contributed by atoms with Gasteiger partial charge in [-0.05, 0) is 44.5 Å². The minimum absolute atomic E-state index is 0.594. The fourth-order valence-electron chi connectivity index (χ4n) is 2.93. The summed E-state index contributed by atoms with van der Waals surface area (Å²) in [6, 6.07) is 10.5. The monoisotopic (exact) mass is 318 g/mol. The molecule has 23 heavy (non-hydrogen) atoms. The summed E-state index contributed by atoms with van der Waals surface area (Å²) in [5.41, 5.74) is 0. The van der Waals surface area contributed by atoms with E-state index < -0.39 is 0 Å². The Bertz CT molecular complexity index is 457. The highest BCUT2D eigenvalue weighted by Gasteiger charge is 2.20. The molecule has 128 valence electrons. The maximum atomic E-state index is 5.68. The Hall–Kier alpha value is -1.75. The fraction of sp³-hybridized carbons (Fsp3) is 0.611. The molecule has 0 amide bonds. The fourth-order valence-corrected chi connectivity index (χ4v) is 2.93. The molecule has 0 spiro atoms. The summed E-state index contributed by atoms with van der Waals surface area (Å²) in [4.78, 5) is 6.87. The van der Waals surface area contributed by atoms with E-state index in [0.29, 0.717) is 12.6 Å². The van der Waals surface area contributed by atoms with E-state index in [1.807, 2.05) is 37.4 Å². The third-order valence-electron chi connectivity index (χ3n) is 4.26. The Morgan fingerprint density at radius 1 is 1.22 bits per heavy atom. The minimum atomic E-state index is 0.594. The Morgan fingerprint density at radius 2 is 1.96 bits per heavy atom. The molecule has 0 bridgehead atoms. The van der Waals surface area contributed by atoms with Crippen LogP contribution < -0.4 is 15.4 Å². The second-order valence-electron chi connectivity index (χ2n) is 5.85.